The summed E-state index contributed by atoms with van der Waals surface area (Å²) >= 11 is 3.17. The summed E-state index contributed by atoms with van der Waals surface area (Å²) in [7, 11) is 0. The van der Waals surface area contributed by atoms with Crippen molar-refractivity contribution >= 4 is 33.5 Å². The quantitative estimate of drug-likeness (QED) is 0.837. The first-order chi connectivity index (χ1) is 9.08. The van der Waals surface area contributed by atoms with Gasteiger partial charge in [0.2, 0.25) is 5.91 Å². The van der Waals surface area contributed by atoms with Crippen molar-refractivity contribution in [3.8, 4) is 0 Å². The van der Waals surface area contributed by atoms with E-state index >= 15 is 0 Å². The lowest BCUT2D eigenvalue weighted by atomic mass is 9.93. The minimum absolute atomic E-state index is 0.0260. The van der Waals surface area contributed by atoms with E-state index in [0.717, 1.165) is 19.3 Å². The van der Waals surface area contributed by atoms with Gasteiger partial charge in [-0.3, -0.25) is 4.79 Å². The molecule has 1 aliphatic rings. The zero-order valence-corrected chi connectivity index (χ0v) is 11.8. The van der Waals surface area contributed by atoms with Crippen LogP contribution in [-0.4, -0.2) is 17.0 Å². The Balaban J connectivity index is 2.10. The molecule has 0 bridgehead atoms. The number of allylic oxidation sites excluding steroid dienone is 2. The summed E-state index contributed by atoms with van der Waals surface area (Å²) in [6.07, 6.45) is 6.58. The van der Waals surface area contributed by atoms with Crippen LogP contribution in [0.5, 0.6) is 0 Å². The van der Waals surface area contributed by atoms with Crippen molar-refractivity contribution in [1.29, 1.82) is 0 Å². The van der Waals surface area contributed by atoms with Gasteiger partial charge in [-0.05, 0) is 53.4 Å². The molecule has 0 saturated carbocycles. The first-order valence-corrected chi connectivity index (χ1v) is 6.86. The minimum Gasteiger partial charge on any atom is -0.478 e. The molecule has 0 aliphatic heterocycles. The van der Waals surface area contributed by atoms with Crippen molar-refractivity contribution in [3.05, 3.63) is 40.4 Å². The monoisotopic (exact) mass is 323 g/mol. The number of carboxylic acid groups (broad SMARTS) is 1. The number of rotatable bonds is 3. The highest BCUT2D eigenvalue weighted by molar-refractivity contribution is 9.10. The average molecular weight is 324 g/mol. The number of hydrogen-bond donors (Lipinski definition) is 2. The van der Waals surface area contributed by atoms with Crippen LogP contribution < -0.4 is 5.32 Å². The molecular weight excluding hydrogens is 310 g/mol. The zero-order chi connectivity index (χ0) is 13.8. The number of hydrogen-bond acceptors (Lipinski definition) is 2. The lowest BCUT2D eigenvalue weighted by Gasteiger charge is -2.17. The van der Waals surface area contributed by atoms with E-state index in [1.165, 1.54) is 6.07 Å². The van der Waals surface area contributed by atoms with Crippen LogP contribution in [-0.2, 0) is 4.79 Å². The van der Waals surface area contributed by atoms with Gasteiger partial charge < -0.3 is 10.4 Å². The Kier molecular flexibility index (Phi) is 4.37. The molecule has 1 aliphatic carbocycles. The van der Waals surface area contributed by atoms with Crippen LogP contribution in [0, 0.1) is 5.92 Å². The molecule has 0 fully saturated rings. The predicted octanol–water partition coefficient (Wildman–Crippen LogP) is 3.44. The van der Waals surface area contributed by atoms with E-state index in [1.807, 2.05) is 6.08 Å². The van der Waals surface area contributed by atoms with Gasteiger partial charge in [0.25, 0.3) is 0 Å². The van der Waals surface area contributed by atoms with Crippen molar-refractivity contribution in [2.75, 3.05) is 5.32 Å². The van der Waals surface area contributed by atoms with Crippen molar-refractivity contribution in [3.63, 3.8) is 0 Å². The second kappa shape index (κ2) is 6.02. The van der Waals surface area contributed by atoms with Crippen molar-refractivity contribution < 1.29 is 14.7 Å². The van der Waals surface area contributed by atoms with Gasteiger partial charge in [-0.2, -0.15) is 0 Å². The normalized spacial score (nSPS) is 18.1. The number of carbonyl (C=O) groups excluding carboxylic acids is 1. The van der Waals surface area contributed by atoms with Crippen LogP contribution in [0.2, 0.25) is 0 Å². The summed E-state index contributed by atoms with van der Waals surface area (Å²) in [6, 6.07) is 4.77. The summed E-state index contributed by atoms with van der Waals surface area (Å²) in [6.45, 7) is 0. The second-order valence-corrected chi connectivity index (χ2v) is 5.32. The molecule has 19 heavy (non-hydrogen) atoms. The third-order valence-electron chi connectivity index (χ3n) is 3.10. The van der Waals surface area contributed by atoms with Gasteiger partial charge in [0.1, 0.15) is 0 Å². The third kappa shape index (κ3) is 3.44. The molecule has 2 N–H and O–H groups in total. The van der Waals surface area contributed by atoms with Crippen molar-refractivity contribution in [1.82, 2.24) is 0 Å². The Morgan fingerprint density at radius 1 is 1.32 bits per heavy atom. The predicted molar refractivity (Wildman–Crippen MR) is 76.2 cm³/mol. The highest BCUT2D eigenvalue weighted by atomic mass is 79.9. The Morgan fingerprint density at radius 3 is 2.74 bits per heavy atom. The number of carboxylic acids is 1. The third-order valence-corrected chi connectivity index (χ3v) is 3.80. The lowest BCUT2D eigenvalue weighted by Crippen LogP contribution is -2.23. The molecule has 0 aromatic heterocycles. The number of amides is 1. The van der Waals surface area contributed by atoms with Gasteiger partial charge in [-0.25, -0.2) is 4.79 Å². The van der Waals surface area contributed by atoms with E-state index in [4.69, 9.17) is 5.11 Å². The standard InChI is InChI=1S/C14H14BrNO3/c15-12-7-6-10(8-11(12)14(18)19)16-13(17)9-4-2-1-3-5-9/h1-2,6-9H,3-5H2,(H,16,17)(H,18,19). The van der Waals surface area contributed by atoms with Crippen molar-refractivity contribution in [2.45, 2.75) is 19.3 Å². The highest BCUT2D eigenvalue weighted by Gasteiger charge is 2.19. The largest absolute Gasteiger partial charge is 0.478 e. The second-order valence-electron chi connectivity index (χ2n) is 4.47. The summed E-state index contributed by atoms with van der Waals surface area (Å²) in [5.41, 5.74) is 0.654. The molecular formula is C14H14BrNO3. The highest BCUT2D eigenvalue weighted by Crippen LogP contribution is 2.23. The van der Waals surface area contributed by atoms with Crippen LogP contribution >= 0.6 is 15.9 Å². The number of halogens is 1. The smallest absolute Gasteiger partial charge is 0.336 e. The van der Waals surface area contributed by atoms with E-state index in [2.05, 4.69) is 27.3 Å². The molecule has 0 saturated heterocycles. The SMILES string of the molecule is O=C(O)c1cc(NC(=O)C2CC=CCC2)ccc1Br. The summed E-state index contributed by atoms with van der Waals surface area (Å²) in [5.74, 6) is -1.10. The molecule has 0 heterocycles. The van der Waals surface area contributed by atoms with E-state index in [1.54, 1.807) is 12.1 Å². The Morgan fingerprint density at radius 2 is 2.11 bits per heavy atom. The number of benzene rings is 1. The summed E-state index contributed by atoms with van der Waals surface area (Å²) in [4.78, 5) is 23.0. The van der Waals surface area contributed by atoms with E-state index in [9.17, 15) is 9.59 Å². The fourth-order valence-electron chi connectivity index (χ4n) is 2.04. The number of nitrogens with one attached hydrogen (secondary N) is 1. The minimum atomic E-state index is -1.02. The molecule has 1 aromatic rings. The van der Waals surface area contributed by atoms with Crippen LogP contribution in [0.3, 0.4) is 0 Å². The maximum absolute atomic E-state index is 12.0. The van der Waals surface area contributed by atoms with Gasteiger partial charge >= 0.3 is 5.97 Å². The van der Waals surface area contributed by atoms with Crippen LogP contribution in [0.1, 0.15) is 29.6 Å². The maximum atomic E-state index is 12.0. The van der Waals surface area contributed by atoms with E-state index in [-0.39, 0.29) is 17.4 Å². The topological polar surface area (TPSA) is 66.4 Å². The van der Waals surface area contributed by atoms with Crippen molar-refractivity contribution in [2.24, 2.45) is 5.92 Å². The van der Waals surface area contributed by atoms with Gasteiger partial charge in [0.05, 0.1) is 5.56 Å². The molecule has 2 rings (SSSR count). The van der Waals surface area contributed by atoms with Gasteiger partial charge in [0.15, 0.2) is 0 Å². The number of anilines is 1. The molecule has 1 amide bonds. The molecule has 1 atom stereocenters. The summed E-state index contributed by atoms with van der Waals surface area (Å²) < 4.78 is 0.499. The van der Waals surface area contributed by atoms with Gasteiger partial charge in [-0.15, -0.1) is 0 Å². The maximum Gasteiger partial charge on any atom is 0.336 e. The van der Waals surface area contributed by atoms with Crippen LogP contribution in [0.25, 0.3) is 0 Å². The molecule has 1 aromatic carbocycles. The van der Waals surface area contributed by atoms with Gasteiger partial charge in [0, 0.05) is 16.1 Å². The summed E-state index contributed by atoms with van der Waals surface area (Å²) in [5, 5.41) is 11.8. The molecule has 5 heteroatoms. The molecule has 0 radical (unpaired) electrons. The van der Waals surface area contributed by atoms with E-state index in [0.29, 0.717) is 10.2 Å². The molecule has 100 valence electrons. The number of aromatic carboxylic acids is 1. The Labute approximate surface area is 119 Å². The Bertz CT molecular complexity index is 539. The first kappa shape index (κ1) is 13.8. The van der Waals surface area contributed by atoms with E-state index < -0.39 is 5.97 Å². The fourth-order valence-corrected chi connectivity index (χ4v) is 2.46. The first-order valence-electron chi connectivity index (χ1n) is 6.06. The fraction of sp³-hybridized carbons (Fsp3) is 0.286. The molecule has 1 unspecified atom stereocenters. The van der Waals surface area contributed by atoms with Crippen LogP contribution in [0.15, 0.2) is 34.8 Å². The Hall–Kier alpha value is -1.62. The van der Waals surface area contributed by atoms with Gasteiger partial charge in [-0.1, -0.05) is 12.2 Å². The molecule has 0 spiro atoms. The zero-order valence-electron chi connectivity index (χ0n) is 10.2. The lowest BCUT2D eigenvalue weighted by molar-refractivity contribution is -0.120. The average Bonchev–Trinajstić information content (AvgIpc) is 2.41. The number of carbonyl (C=O) groups is 2. The molecule has 4 nitrogen and oxygen atoms in total. The van der Waals surface area contributed by atoms with Crippen LogP contribution in [0.4, 0.5) is 5.69 Å².